The number of carbonyl (C=O) groups excluding carboxylic acids is 2. The van der Waals surface area contributed by atoms with Gasteiger partial charge in [0.2, 0.25) is 17.6 Å². The van der Waals surface area contributed by atoms with Crippen LogP contribution in [0.15, 0.2) is 53.2 Å². The largest absolute Gasteiger partial charge is 0.493 e. The lowest BCUT2D eigenvalue weighted by atomic mass is 10.1. The minimum atomic E-state index is -0.815. The number of tetrazole rings is 1. The fourth-order valence-corrected chi connectivity index (χ4v) is 6.03. The summed E-state index contributed by atoms with van der Waals surface area (Å²) in [4.78, 5) is 32.0. The lowest BCUT2D eigenvalue weighted by Gasteiger charge is -2.30. The quantitative estimate of drug-likeness (QED) is 0.269. The maximum atomic E-state index is 13.8. The molecule has 3 aromatic heterocycles. The Morgan fingerprint density at radius 1 is 1.15 bits per heavy atom. The summed E-state index contributed by atoms with van der Waals surface area (Å²) in [5.74, 6) is 0.885. The fourth-order valence-electron chi connectivity index (χ4n) is 4.49. The van der Waals surface area contributed by atoms with Crippen molar-refractivity contribution in [3.63, 3.8) is 0 Å². The number of nitrogens with one attached hydrogen (secondary N) is 1. The predicted octanol–water partition coefficient (Wildman–Crippen LogP) is 3.55. The first-order valence-corrected chi connectivity index (χ1v) is 14.6. The third-order valence-corrected chi connectivity index (χ3v) is 8.28. The van der Waals surface area contributed by atoms with Crippen LogP contribution in [0, 0.1) is 0 Å². The summed E-state index contributed by atoms with van der Waals surface area (Å²) in [5, 5.41) is 19.5. The average Bonchev–Trinajstić information content (AvgIpc) is 3.80. The van der Waals surface area contributed by atoms with E-state index in [1.54, 1.807) is 37.3 Å². The topological polar surface area (TPSA) is 121 Å². The summed E-state index contributed by atoms with van der Waals surface area (Å²) >= 11 is 2.96. The minimum Gasteiger partial charge on any atom is -0.493 e. The fraction of sp³-hybridized carbons (Fsp3) is 0.370. The number of nitrogens with zero attached hydrogens (tertiary/aromatic N) is 5. The van der Waals surface area contributed by atoms with Crippen molar-refractivity contribution in [2.24, 2.45) is 0 Å². The molecule has 1 aliphatic rings. The van der Waals surface area contributed by atoms with Crippen molar-refractivity contribution in [3.05, 3.63) is 63.0 Å². The maximum absolute atomic E-state index is 13.8. The number of amides is 2. The second-order valence-corrected chi connectivity index (χ2v) is 11.1. The van der Waals surface area contributed by atoms with Gasteiger partial charge in [0.05, 0.1) is 26.9 Å². The van der Waals surface area contributed by atoms with Gasteiger partial charge in [-0.15, -0.1) is 32.9 Å². The van der Waals surface area contributed by atoms with Crippen LogP contribution in [-0.4, -0.2) is 70.4 Å². The third kappa shape index (κ3) is 6.49. The molecule has 0 bridgehead atoms. The van der Waals surface area contributed by atoms with Crippen LogP contribution in [0.3, 0.4) is 0 Å². The highest BCUT2D eigenvalue weighted by molar-refractivity contribution is 7.10. The molecule has 210 valence electrons. The standard InChI is InChI=1S/C27H30N6O5S2/c1-36-21-10-9-18(14-22(21)37-2)26-29-31-33(30-26)17-24(34)32(16-20-7-4-12-39-20)25(23-8-5-13-40-23)27(35)28-15-19-6-3-11-38-19/h4-5,7-10,12-14,19,25H,3,6,11,15-17H2,1-2H3,(H,28,35)/t19-,25+/m1/s1. The van der Waals surface area contributed by atoms with Gasteiger partial charge in [-0.2, -0.15) is 4.80 Å². The number of aromatic nitrogens is 4. The monoisotopic (exact) mass is 582 g/mol. The summed E-state index contributed by atoms with van der Waals surface area (Å²) in [7, 11) is 3.11. The number of rotatable bonds is 12. The second kappa shape index (κ2) is 13.0. The van der Waals surface area contributed by atoms with Gasteiger partial charge in [0.25, 0.3) is 0 Å². The Balaban J connectivity index is 1.38. The Hall–Kier alpha value is -3.81. The van der Waals surface area contributed by atoms with Gasteiger partial charge in [-0.05, 0) is 59.1 Å². The first-order chi connectivity index (χ1) is 19.6. The molecular formula is C27H30N6O5S2. The van der Waals surface area contributed by atoms with Crippen molar-refractivity contribution in [2.45, 2.75) is 38.1 Å². The molecule has 0 unspecified atom stereocenters. The molecule has 4 heterocycles. The molecule has 0 spiro atoms. The van der Waals surface area contributed by atoms with Gasteiger partial charge in [0.1, 0.15) is 12.6 Å². The zero-order valence-electron chi connectivity index (χ0n) is 22.2. The molecule has 13 heteroatoms. The van der Waals surface area contributed by atoms with E-state index in [0.29, 0.717) is 36.0 Å². The molecule has 0 radical (unpaired) electrons. The molecule has 0 saturated carbocycles. The SMILES string of the molecule is COc1ccc(-c2nnn(CC(=O)N(Cc3cccs3)[C@H](C(=O)NC[C@H]3CCCO3)c3cccs3)n2)cc1OC. The number of thiophene rings is 2. The number of hydrogen-bond acceptors (Lipinski definition) is 10. The molecule has 40 heavy (non-hydrogen) atoms. The smallest absolute Gasteiger partial charge is 0.248 e. The van der Waals surface area contributed by atoms with E-state index in [1.165, 1.54) is 27.5 Å². The van der Waals surface area contributed by atoms with Crippen LogP contribution in [0.1, 0.15) is 28.6 Å². The van der Waals surface area contributed by atoms with E-state index >= 15 is 0 Å². The van der Waals surface area contributed by atoms with Crippen LogP contribution >= 0.6 is 22.7 Å². The summed E-state index contributed by atoms with van der Waals surface area (Å²) in [6.07, 6.45) is 1.87. The second-order valence-electron chi connectivity index (χ2n) is 9.11. The van der Waals surface area contributed by atoms with Gasteiger partial charge >= 0.3 is 0 Å². The zero-order valence-corrected chi connectivity index (χ0v) is 23.8. The zero-order chi connectivity index (χ0) is 27.9. The van der Waals surface area contributed by atoms with Gasteiger partial charge < -0.3 is 24.4 Å². The van der Waals surface area contributed by atoms with Crippen LogP contribution in [0.25, 0.3) is 11.4 Å². The summed E-state index contributed by atoms with van der Waals surface area (Å²) in [6, 6.07) is 12.1. The van der Waals surface area contributed by atoms with Crippen molar-refractivity contribution in [2.75, 3.05) is 27.4 Å². The Labute approximate surface area is 239 Å². The van der Waals surface area contributed by atoms with Crippen LogP contribution in [-0.2, 0) is 27.4 Å². The number of methoxy groups -OCH3 is 2. The molecule has 5 rings (SSSR count). The number of hydrogen-bond donors (Lipinski definition) is 1. The van der Waals surface area contributed by atoms with E-state index in [2.05, 4.69) is 20.7 Å². The van der Waals surface area contributed by atoms with Crippen LogP contribution < -0.4 is 14.8 Å². The van der Waals surface area contributed by atoms with E-state index in [0.717, 1.165) is 22.6 Å². The van der Waals surface area contributed by atoms with E-state index < -0.39 is 6.04 Å². The molecule has 11 nitrogen and oxygen atoms in total. The molecule has 0 aliphatic carbocycles. The van der Waals surface area contributed by atoms with Crippen molar-refractivity contribution >= 4 is 34.5 Å². The predicted molar refractivity (Wildman–Crippen MR) is 150 cm³/mol. The van der Waals surface area contributed by atoms with Gasteiger partial charge in [-0.1, -0.05) is 12.1 Å². The summed E-state index contributed by atoms with van der Waals surface area (Å²) in [5.41, 5.74) is 0.664. The van der Waals surface area contributed by atoms with Crippen molar-refractivity contribution in [3.8, 4) is 22.9 Å². The van der Waals surface area contributed by atoms with Crippen LogP contribution in [0.5, 0.6) is 11.5 Å². The van der Waals surface area contributed by atoms with Gasteiger partial charge in [0.15, 0.2) is 11.5 Å². The van der Waals surface area contributed by atoms with Crippen LogP contribution in [0.4, 0.5) is 0 Å². The minimum absolute atomic E-state index is 0.0104. The molecule has 1 aliphatic heterocycles. The molecule has 2 atom stereocenters. The van der Waals surface area contributed by atoms with E-state index in [-0.39, 0.29) is 31.0 Å². The van der Waals surface area contributed by atoms with E-state index in [9.17, 15) is 9.59 Å². The Morgan fingerprint density at radius 2 is 1.98 bits per heavy atom. The Morgan fingerprint density at radius 3 is 2.67 bits per heavy atom. The third-order valence-electron chi connectivity index (χ3n) is 6.50. The molecule has 2 amide bonds. The van der Waals surface area contributed by atoms with E-state index in [4.69, 9.17) is 14.2 Å². The molecular weight excluding hydrogens is 552 g/mol. The maximum Gasteiger partial charge on any atom is 0.248 e. The highest BCUT2D eigenvalue weighted by Crippen LogP contribution is 2.31. The highest BCUT2D eigenvalue weighted by Gasteiger charge is 2.33. The summed E-state index contributed by atoms with van der Waals surface area (Å²) < 4.78 is 16.4. The van der Waals surface area contributed by atoms with E-state index in [1.807, 2.05) is 35.0 Å². The average molecular weight is 583 g/mol. The first-order valence-electron chi connectivity index (χ1n) is 12.8. The molecule has 1 saturated heterocycles. The van der Waals surface area contributed by atoms with Gasteiger partial charge in [-0.25, -0.2) is 0 Å². The number of benzene rings is 1. The highest BCUT2D eigenvalue weighted by atomic mass is 32.1. The lowest BCUT2D eigenvalue weighted by molar-refractivity contribution is -0.142. The summed E-state index contributed by atoms with van der Waals surface area (Å²) in [6.45, 7) is 1.19. The molecule has 1 N–H and O–H groups in total. The molecule has 4 aromatic rings. The van der Waals surface area contributed by atoms with Gasteiger partial charge in [-0.3, -0.25) is 9.59 Å². The lowest BCUT2D eigenvalue weighted by Crippen LogP contribution is -2.45. The van der Waals surface area contributed by atoms with Crippen molar-refractivity contribution < 1.29 is 23.8 Å². The molecule has 1 fully saturated rings. The number of carbonyl (C=O) groups is 2. The molecule has 1 aromatic carbocycles. The van der Waals surface area contributed by atoms with Crippen molar-refractivity contribution in [1.29, 1.82) is 0 Å². The van der Waals surface area contributed by atoms with Crippen LogP contribution in [0.2, 0.25) is 0 Å². The Kier molecular flexibility index (Phi) is 9.04. The first kappa shape index (κ1) is 27.7. The normalized spacial score (nSPS) is 15.5. The van der Waals surface area contributed by atoms with Gasteiger partial charge in [0, 0.05) is 28.5 Å². The Bertz CT molecular complexity index is 1400. The van der Waals surface area contributed by atoms with Crippen molar-refractivity contribution in [1.82, 2.24) is 30.4 Å². The number of ether oxygens (including phenoxy) is 3.